The molecule has 4 N–H and O–H groups in total. The molecule has 0 radical (unpaired) electrons. The number of nitrogens with zero attached hydrogens (tertiary/aromatic N) is 2. The summed E-state index contributed by atoms with van der Waals surface area (Å²) in [6, 6.07) is -0.879. The van der Waals surface area contributed by atoms with Gasteiger partial charge in [0, 0.05) is 25.6 Å². The summed E-state index contributed by atoms with van der Waals surface area (Å²) >= 11 is 0. The van der Waals surface area contributed by atoms with Gasteiger partial charge in [0.15, 0.2) is 0 Å². The Bertz CT molecular complexity index is 805. The molecule has 5 amide bonds. The predicted octanol–water partition coefficient (Wildman–Crippen LogP) is -1.89. The molecule has 1 aliphatic heterocycles. The maximum atomic E-state index is 12.9. The third-order valence-electron chi connectivity index (χ3n) is 4.86. The van der Waals surface area contributed by atoms with Crippen LogP contribution in [0.15, 0.2) is 12.2 Å². The van der Waals surface area contributed by atoms with Crippen molar-refractivity contribution in [3.05, 3.63) is 12.2 Å². The molecule has 12 nitrogen and oxygen atoms in total. The normalized spacial score (nSPS) is 18.9. The molecule has 12 heteroatoms. The molecule has 2 aliphatic rings. The van der Waals surface area contributed by atoms with Crippen LogP contribution in [0.4, 0.5) is 0 Å². The van der Waals surface area contributed by atoms with E-state index in [0.717, 1.165) is 12.2 Å². The fourth-order valence-electron chi connectivity index (χ4n) is 3.37. The van der Waals surface area contributed by atoms with E-state index in [1.165, 1.54) is 11.8 Å². The molecule has 170 valence electrons. The Morgan fingerprint density at radius 2 is 1.87 bits per heavy atom. The molecule has 2 rings (SSSR count). The Morgan fingerprint density at radius 1 is 1.19 bits per heavy atom. The minimum absolute atomic E-state index is 0.116. The Labute approximate surface area is 179 Å². The maximum absolute atomic E-state index is 12.9. The summed E-state index contributed by atoms with van der Waals surface area (Å²) in [7, 11) is 0. The maximum Gasteiger partial charge on any atom is 0.330 e. The van der Waals surface area contributed by atoms with E-state index in [2.05, 4.69) is 15.5 Å². The largest absolute Gasteiger partial charge is 0.463 e. The Morgan fingerprint density at radius 3 is 2.42 bits per heavy atom. The molecule has 0 spiro atoms. The van der Waals surface area contributed by atoms with Crippen molar-refractivity contribution in [3.8, 4) is 0 Å². The van der Waals surface area contributed by atoms with Gasteiger partial charge >= 0.3 is 5.97 Å². The Hall–Kier alpha value is -3.44. The van der Waals surface area contributed by atoms with Crippen molar-refractivity contribution >= 4 is 35.5 Å². The first-order valence-corrected chi connectivity index (χ1v) is 9.94. The zero-order chi connectivity index (χ0) is 23.2. The molecular formula is C19H27N5O7. The molecule has 0 aromatic carbocycles. The van der Waals surface area contributed by atoms with Crippen LogP contribution in [0.25, 0.3) is 0 Å². The average Bonchev–Trinajstić information content (AvgIpc) is 3.28. The SMILES string of the molecule is CCOC(=O)/C=C/C(=O)N(CC(N)=O)NC(=O)[C@@H]1CCCN1C(=O)C1(NC(C)=O)CC1. The molecule has 0 unspecified atom stereocenters. The lowest BCUT2D eigenvalue weighted by Gasteiger charge is -2.30. The predicted molar refractivity (Wildman–Crippen MR) is 105 cm³/mol. The lowest BCUT2D eigenvalue weighted by atomic mass is 10.1. The van der Waals surface area contributed by atoms with Crippen LogP contribution >= 0.6 is 0 Å². The number of carbonyl (C=O) groups excluding carboxylic acids is 6. The third kappa shape index (κ3) is 6.27. The number of rotatable bonds is 8. The molecule has 1 aliphatic carbocycles. The van der Waals surface area contributed by atoms with Gasteiger partial charge in [-0.3, -0.25) is 29.4 Å². The average molecular weight is 437 g/mol. The highest BCUT2D eigenvalue weighted by Crippen LogP contribution is 2.39. The molecule has 0 aromatic rings. The molecule has 0 bridgehead atoms. The summed E-state index contributed by atoms with van der Waals surface area (Å²) < 4.78 is 4.67. The minimum atomic E-state index is -0.986. The van der Waals surface area contributed by atoms with E-state index < -0.39 is 41.8 Å². The van der Waals surface area contributed by atoms with Crippen LogP contribution in [0.2, 0.25) is 0 Å². The lowest BCUT2D eigenvalue weighted by molar-refractivity contribution is -0.147. The summed E-state index contributed by atoms with van der Waals surface area (Å²) in [6.07, 6.45) is 3.59. The smallest absolute Gasteiger partial charge is 0.330 e. The monoisotopic (exact) mass is 437 g/mol. The number of nitrogens with two attached hydrogens (primary N) is 1. The van der Waals surface area contributed by atoms with E-state index in [1.54, 1.807) is 6.92 Å². The zero-order valence-corrected chi connectivity index (χ0v) is 17.5. The second-order valence-electron chi connectivity index (χ2n) is 7.37. The highest BCUT2D eigenvalue weighted by Gasteiger charge is 2.54. The number of hydrazine groups is 1. The number of hydrogen-bond acceptors (Lipinski definition) is 7. The topological polar surface area (TPSA) is 168 Å². The molecular weight excluding hydrogens is 410 g/mol. The first-order chi connectivity index (χ1) is 14.6. The summed E-state index contributed by atoms with van der Waals surface area (Å²) in [5.41, 5.74) is 6.46. The van der Waals surface area contributed by atoms with Gasteiger partial charge < -0.3 is 20.7 Å². The lowest BCUT2D eigenvalue weighted by Crippen LogP contribution is -2.58. The molecule has 1 heterocycles. The second kappa shape index (κ2) is 10.0. The summed E-state index contributed by atoms with van der Waals surface area (Å²) in [6.45, 7) is 2.72. The standard InChI is InChI=1S/C19H27N5O7/c1-3-31-16(28)7-6-15(27)24(11-14(20)26)22-17(29)13-5-4-10-23(13)18(30)19(8-9-19)21-12(2)25/h6-7,13H,3-5,8-11H2,1-2H3,(H2,20,26)(H,21,25)(H,22,29)/b7-6+/t13-/m0/s1. The van der Waals surface area contributed by atoms with Crippen LogP contribution in [0.5, 0.6) is 0 Å². The van der Waals surface area contributed by atoms with Gasteiger partial charge in [-0.05, 0) is 32.6 Å². The zero-order valence-electron chi connectivity index (χ0n) is 17.5. The highest BCUT2D eigenvalue weighted by atomic mass is 16.5. The summed E-state index contributed by atoms with van der Waals surface area (Å²) in [4.78, 5) is 73.6. The Balaban J connectivity index is 2.08. The molecule has 1 saturated carbocycles. The van der Waals surface area contributed by atoms with Crippen LogP contribution in [0.3, 0.4) is 0 Å². The van der Waals surface area contributed by atoms with Gasteiger partial charge in [-0.2, -0.15) is 0 Å². The minimum Gasteiger partial charge on any atom is -0.463 e. The summed E-state index contributed by atoms with van der Waals surface area (Å²) in [5.74, 6) is -3.88. The van der Waals surface area contributed by atoms with Gasteiger partial charge in [-0.25, -0.2) is 9.80 Å². The van der Waals surface area contributed by atoms with Gasteiger partial charge in [0.05, 0.1) is 6.61 Å². The van der Waals surface area contributed by atoms with Crippen molar-refractivity contribution in [1.82, 2.24) is 20.7 Å². The van der Waals surface area contributed by atoms with Crippen molar-refractivity contribution in [2.75, 3.05) is 19.7 Å². The van der Waals surface area contributed by atoms with Crippen LogP contribution in [-0.4, -0.2) is 76.7 Å². The number of nitrogens with one attached hydrogen (secondary N) is 2. The van der Waals surface area contributed by atoms with E-state index in [1.807, 2.05) is 0 Å². The van der Waals surface area contributed by atoms with Gasteiger partial charge in [0.2, 0.25) is 17.7 Å². The van der Waals surface area contributed by atoms with E-state index in [4.69, 9.17) is 5.73 Å². The number of carbonyl (C=O) groups is 6. The van der Waals surface area contributed by atoms with Gasteiger partial charge in [-0.15, -0.1) is 0 Å². The second-order valence-corrected chi connectivity index (χ2v) is 7.37. The number of primary amides is 1. The molecule has 1 saturated heterocycles. The van der Waals surface area contributed by atoms with Crippen molar-refractivity contribution in [1.29, 1.82) is 0 Å². The summed E-state index contributed by atoms with van der Waals surface area (Å²) in [5, 5.41) is 3.32. The third-order valence-corrected chi connectivity index (χ3v) is 4.86. The number of amides is 5. The van der Waals surface area contributed by atoms with Crippen molar-refractivity contribution in [2.45, 2.75) is 51.1 Å². The Kier molecular flexibility index (Phi) is 7.72. The number of hydrogen-bond donors (Lipinski definition) is 3. The van der Waals surface area contributed by atoms with E-state index in [-0.39, 0.29) is 18.4 Å². The highest BCUT2D eigenvalue weighted by molar-refractivity contribution is 5.99. The van der Waals surface area contributed by atoms with Gasteiger partial charge in [-0.1, -0.05) is 0 Å². The number of ether oxygens (including phenoxy) is 1. The fourth-order valence-corrected chi connectivity index (χ4v) is 3.37. The van der Waals surface area contributed by atoms with Crippen molar-refractivity contribution in [3.63, 3.8) is 0 Å². The molecule has 2 fully saturated rings. The number of esters is 1. The van der Waals surface area contributed by atoms with Crippen molar-refractivity contribution in [2.24, 2.45) is 5.73 Å². The van der Waals surface area contributed by atoms with Gasteiger partial charge in [0.25, 0.3) is 11.8 Å². The van der Waals surface area contributed by atoms with Crippen LogP contribution in [-0.2, 0) is 33.5 Å². The van der Waals surface area contributed by atoms with Gasteiger partial charge in [0.1, 0.15) is 18.1 Å². The van der Waals surface area contributed by atoms with E-state index >= 15 is 0 Å². The first-order valence-electron chi connectivity index (χ1n) is 9.94. The fraction of sp³-hybridized carbons (Fsp3) is 0.579. The molecule has 31 heavy (non-hydrogen) atoms. The van der Waals surface area contributed by atoms with E-state index in [9.17, 15) is 28.8 Å². The quantitative estimate of drug-likeness (QED) is 0.227. The van der Waals surface area contributed by atoms with Crippen molar-refractivity contribution < 1.29 is 33.5 Å². The van der Waals surface area contributed by atoms with Crippen LogP contribution < -0.4 is 16.5 Å². The van der Waals surface area contributed by atoms with Crippen LogP contribution in [0.1, 0.15) is 39.5 Å². The molecule has 1 atom stereocenters. The van der Waals surface area contributed by atoms with E-state index in [0.29, 0.717) is 37.2 Å². The van der Waals surface area contributed by atoms with Crippen LogP contribution in [0, 0.1) is 0 Å². The molecule has 0 aromatic heterocycles. The number of likely N-dealkylation sites (tertiary alicyclic amines) is 1. The first kappa shape index (κ1) is 23.8.